The van der Waals surface area contributed by atoms with Crippen LogP contribution >= 0.6 is 11.6 Å². The highest BCUT2D eigenvalue weighted by Crippen LogP contribution is 2.27. The van der Waals surface area contributed by atoms with Crippen LogP contribution in [0.15, 0.2) is 42.5 Å². The molecule has 3 N–H and O–H groups in total. The first-order valence-electron chi connectivity index (χ1n) is 6.79. The second-order valence-electron chi connectivity index (χ2n) is 4.80. The number of carbonyl (C=O) groups excluding carboxylic acids is 1. The van der Waals surface area contributed by atoms with Gasteiger partial charge in [-0.1, -0.05) is 29.8 Å². The number of amides is 2. The Balaban J connectivity index is 1.95. The Hall–Kier alpha value is -2.71. The van der Waals surface area contributed by atoms with Gasteiger partial charge in [0.1, 0.15) is 10.8 Å². The van der Waals surface area contributed by atoms with Gasteiger partial charge >= 0.3 is 6.03 Å². The lowest BCUT2D eigenvalue weighted by Gasteiger charge is -2.13. The molecule has 2 amide bonds. The van der Waals surface area contributed by atoms with Gasteiger partial charge < -0.3 is 15.7 Å². The minimum Gasteiger partial charge on any atom is -0.386 e. The third kappa shape index (κ3) is 4.40. The standard InChI is InChI=1S/C15H13ClFN3O4/c16-11-6-5-9(7-13(11)20(23)24)19-15(22)18-8-14(21)10-3-1-2-4-12(10)17/h1-7,14,21H,8H2,(H2,18,19,22). The fourth-order valence-corrected chi connectivity index (χ4v) is 2.14. The molecule has 0 saturated carbocycles. The molecule has 0 fully saturated rings. The average Bonchev–Trinajstić information content (AvgIpc) is 2.54. The van der Waals surface area contributed by atoms with Crippen LogP contribution in [0.1, 0.15) is 11.7 Å². The van der Waals surface area contributed by atoms with Gasteiger partial charge in [0, 0.05) is 23.9 Å². The van der Waals surface area contributed by atoms with Crippen molar-refractivity contribution in [3.63, 3.8) is 0 Å². The van der Waals surface area contributed by atoms with E-state index in [2.05, 4.69) is 10.6 Å². The van der Waals surface area contributed by atoms with E-state index in [0.717, 1.165) is 6.07 Å². The SMILES string of the molecule is O=C(NCC(O)c1ccccc1F)Nc1ccc(Cl)c([N+](=O)[O-])c1. The fraction of sp³-hybridized carbons (Fsp3) is 0.133. The first kappa shape index (κ1) is 17.6. The quantitative estimate of drug-likeness (QED) is 0.567. The van der Waals surface area contributed by atoms with Crippen LogP contribution in [0.3, 0.4) is 0 Å². The number of aliphatic hydroxyl groups is 1. The van der Waals surface area contributed by atoms with Crippen molar-refractivity contribution in [1.82, 2.24) is 5.32 Å². The maximum atomic E-state index is 13.5. The van der Waals surface area contributed by atoms with E-state index in [1.807, 2.05) is 0 Å². The van der Waals surface area contributed by atoms with Crippen LogP contribution in [0.2, 0.25) is 5.02 Å². The summed E-state index contributed by atoms with van der Waals surface area (Å²) in [6, 6.07) is 8.73. The first-order valence-corrected chi connectivity index (χ1v) is 7.17. The molecule has 0 aliphatic carbocycles. The van der Waals surface area contributed by atoms with Crippen LogP contribution in [0.25, 0.3) is 0 Å². The summed E-state index contributed by atoms with van der Waals surface area (Å²) in [6.07, 6.45) is -1.23. The minimum absolute atomic E-state index is 0.0547. The molecule has 1 atom stereocenters. The Morgan fingerprint density at radius 1 is 1.33 bits per heavy atom. The highest BCUT2D eigenvalue weighted by molar-refractivity contribution is 6.32. The molecule has 0 aliphatic rings. The van der Waals surface area contributed by atoms with Gasteiger partial charge in [-0.25, -0.2) is 9.18 Å². The predicted molar refractivity (Wildman–Crippen MR) is 86.5 cm³/mol. The van der Waals surface area contributed by atoms with E-state index >= 15 is 0 Å². The maximum absolute atomic E-state index is 13.5. The Kier molecular flexibility index (Phi) is 5.67. The number of nitrogens with one attached hydrogen (secondary N) is 2. The second-order valence-corrected chi connectivity index (χ2v) is 5.20. The summed E-state index contributed by atoms with van der Waals surface area (Å²) < 4.78 is 13.5. The predicted octanol–water partition coefficient (Wildman–Crippen LogP) is 3.24. The van der Waals surface area contributed by atoms with Gasteiger partial charge in [-0.05, 0) is 18.2 Å². The minimum atomic E-state index is -1.23. The molecule has 0 heterocycles. The van der Waals surface area contributed by atoms with Crippen molar-refractivity contribution in [2.45, 2.75) is 6.10 Å². The molecule has 24 heavy (non-hydrogen) atoms. The molecule has 0 aromatic heterocycles. The number of urea groups is 1. The van der Waals surface area contributed by atoms with Crippen LogP contribution in [-0.4, -0.2) is 22.6 Å². The monoisotopic (exact) mass is 353 g/mol. The van der Waals surface area contributed by atoms with Gasteiger partial charge in [0.2, 0.25) is 0 Å². The van der Waals surface area contributed by atoms with E-state index in [9.17, 15) is 24.4 Å². The normalized spacial score (nSPS) is 11.6. The van der Waals surface area contributed by atoms with Crippen LogP contribution in [0.4, 0.5) is 20.6 Å². The Labute approximate surface area is 141 Å². The summed E-state index contributed by atoms with van der Waals surface area (Å²) in [5.41, 5.74) is -0.134. The zero-order valence-electron chi connectivity index (χ0n) is 12.2. The van der Waals surface area contributed by atoms with Gasteiger partial charge in [0.15, 0.2) is 0 Å². The second kappa shape index (κ2) is 7.71. The van der Waals surface area contributed by atoms with Crippen molar-refractivity contribution >= 4 is 29.0 Å². The molecule has 7 nitrogen and oxygen atoms in total. The zero-order chi connectivity index (χ0) is 17.7. The fourth-order valence-electron chi connectivity index (χ4n) is 1.95. The maximum Gasteiger partial charge on any atom is 0.319 e. The van der Waals surface area contributed by atoms with Crippen LogP contribution < -0.4 is 10.6 Å². The van der Waals surface area contributed by atoms with Crippen molar-refractivity contribution in [3.8, 4) is 0 Å². The molecule has 0 aliphatic heterocycles. The van der Waals surface area contributed by atoms with Gasteiger partial charge in [0.05, 0.1) is 11.0 Å². The van der Waals surface area contributed by atoms with Gasteiger partial charge in [-0.2, -0.15) is 0 Å². The van der Waals surface area contributed by atoms with Crippen LogP contribution in [-0.2, 0) is 0 Å². The number of aliphatic hydroxyl groups excluding tert-OH is 1. The molecular weight excluding hydrogens is 341 g/mol. The number of hydrogen-bond acceptors (Lipinski definition) is 4. The Bertz CT molecular complexity index is 772. The topological polar surface area (TPSA) is 104 Å². The number of nitro benzene ring substituents is 1. The number of benzene rings is 2. The molecule has 0 spiro atoms. The Morgan fingerprint density at radius 3 is 2.71 bits per heavy atom. The number of anilines is 1. The lowest BCUT2D eigenvalue weighted by atomic mass is 10.1. The molecule has 126 valence electrons. The highest BCUT2D eigenvalue weighted by atomic mass is 35.5. The molecule has 2 aromatic rings. The van der Waals surface area contributed by atoms with Gasteiger partial charge in [-0.15, -0.1) is 0 Å². The largest absolute Gasteiger partial charge is 0.386 e. The van der Waals surface area contributed by atoms with E-state index in [-0.39, 0.29) is 28.5 Å². The van der Waals surface area contributed by atoms with E-state index in [4.69, 9.17) is 11.6 Å². The smallest absolute Gasteiger partial charge is 0.319 e. The summed E-state index contributed by atoms with van der Waals surface area (Å²) in [6.45, 7) is -0.234. The van der Waals surface area contributed by atoms with Crippen molar-refractivity contribution < 1.29 is 19.2 Å². The molecule has 2 aromatic carbocycles. The number of hydrogen-bond donors (Lipinski definition) is 3. The molecule has 0 radical (unpaired) electrons. The lowest BCUT2D eigenvalue weighted by molar-refractivity contribution is -0.384. The number of carbonyl (C=O) groups is 1. The first-order chi connectivity index (χ1) is 11.4. The van der Waals surface area contributed by atoms with E-state index in [0.29, 0.717) is 0 Å². The summed E-state index contributed by atoms with van der Waals surface area (Å²) >= 11 is 5.67. The molecule has 0 bridgehead atoms. The van der Waals surface area contributed by atoms with E-state index < -0.39 is 22.9 Å². The molecule has 1 unspecified atom stereocenters. The van der Waals surface area contributed by atoms with Crippen molar-refractivity contribution in [2.75, 3.05) is 11.9 Å². The number of rotatable bonds is 5. The van der Waals surface area contributed by atoms with Crippen molar-refractivity contribution in [3.05, 3.63) is 69.0 Å². The van der Waals surface area contributed by atoms with Gasteiger partial charge in [0.25, 0.3) is 5.69 Å². The number of nitro groups is 1. The average molecular weight is 354 g/mol. The third-order valence-corrected chi connectivity index (χ3v) is 3.44. The summed E-state index contributed by atoms with van der Waals surface area (Å²) in [5, 5.41) is 25.3. The van der Waals surface area contributed by atoms with E-state index in [1.165, 1.54) is 30.3 Å². The van der Waals surface area contributed by atoms with E-state index in [1.54, 1.807) is 6.07 Å². The Morgan fingerprint density at radius 2 is 2.04 bits per heavy atom. The molecular formula is C15H13ClFN3O4. The third-order valence-electron chi connectivity index (χ3n) is 3.12. The van der Waals surface area contributed by atoms with Gasteiger partial charge in [-0.3, -0.25) is 10.1 Å². The van der Waals surface area contributed by atoms with Crippen molar-refractivity contribution in [2.24, 2.45) is 0 Å². The molecule has 2 rings (SSSR count). The molecule has 9 heteroatoms. The zero-order valence-corrected chi connectivity index (χ0v) is 13.0. The summed E-state index contributed by atoms with van der Waals surface area (Å²) in [7, 11) is 0. The highest BCUT2D eigenvalue weighted by Gasteiger charge is 2.15. The number of nitrogens with zero attached hydrogens (tertiary/aromatic N) is 1. The van der Waals surface area contributed by atoms with Crippen molar-refractivity contribution in [1.29, 1.82) is 0 Å². The summed E-state index contributed by atoms with van der Waals surface area (Å²) in [4.78, 5) is 21.9. The van der Waals surface area contributed by atoms with Crippen LogP contribution in [0.5, 0.6) is 0 Å². The van der Waals surface area contributed by atoms with Crippen LogP contribution in [0, 0.1) is 15.9 Å². The lowest BCUT2D eigenvalue weighted by Crippen LogP contribution is -2.32. The summed E-state index contributed by atoms with van der Waals surface area (Å²) in [5.74, 6) is -0.583. The number of halogens is 2. The molecule has 0 saturated heterocycles.